The molecule has 3 fully saturated rings. The van der Waals surface area contributed by atoms with E-state index in [9.17, 15) is 24.5 Å². The van der Waals surface area contributed by atoms with Gasteiger partial charge in [0.15, 0.2) is 28.7 Å². The molecule has 4 aromatic rings. The van der Waals surface area contributed by atoms with E-state index in [0.29, 0.717) is 24.0 Å². The first-order valence-corrected chi connectivity index (χ1v) is 28.4. The summed E-state index contributed by atoms with van der Waals surface area (Å²) in [6, 6.07) is 28.7. The summed E-state index contributed by atoms with van der Waals surface area (Å²) >= 11 is 0. The van der Waals surface area contributed by atoms with Gasteiger partial charge in [-0.05, 0) is 122 Å². The molecule has 0 bridgehead atoms. The smallest absolute Gasteiger partial charge is 0.233 e. The number of benzene rings is 4. The molecular weight excluding hydrogens is 846 g/mol. The zero-order valence-corrected chi connectivity index (χ0v) is 41.5. The van der Waals surface area contributed by atoms with E-state index in [1.807, 2.05) is 66.7 Å². The molecule has 0 aromatic heterocycles. The average molecular weight is 914 g/mol. The van der Waals surface area contributed by atoms with Crippen molar-refractivity contribution in [2.24, 2.45) is 5.92 Å². The lowest BCUT2D eigenvalue weighted by atomic mass is 9.77. The quantitative estimate of drug-likeness (QED) is 0.0837. The van der Waals surface area contributed by atoms with Gasteiger partial charge in [0.2, 0.25) is 5.91 Å². The highest BCUT2D eigenvalue weighted by Crippen LogP contribution is 2.51. The third kappa shape index (κ3) is 9.70. The van der Waals surface area contributed by atoms with E-state index in [0.717, 1.165) is 22.4 Å². The second kappa shape index (κ2) is 17.8. The number of fused-ring (bicyclic) bond motifs is 1. The molecular formula is C51H68FNO9Si2. The van der Waals surface area contributed by atoms with Crippen molar-refractivity contribution in [3.05, 3.63) is 120 Å². The summed E-state index contributed by atoms with van der Waals surface area (Å²) in [6.07, 6.45) is -5.26. The van der Waals surface area contributed by atoms with Crippen molar-refractivity contribution in [1.82, 2.24) is 0 Å². The zero-order chi connectivity index (χ0) is 46.7. The van der Waals surface area contributed by atoms with E-state index in [2.05, 4.69) is 67.7 Å². The van der Waals surface area contributed by atoms with Crippen LogP contribution in [0.15, 0.2) is 97.1 Å². The third-order valence-electron chi connectivity index (χ3n) is 14.3. The second-order valence-corrected chi connectivity index (χ2v) is 30.9. The molecule has 13 heteroatoms. The maximum atomic E-state index is 14.2. The molecule has 0 radical (unpaired) electrons. The first-order valence-electron chi connectivity index (χ1n) is 22.6. The molecule has 1 amide bonds. The number of para-hydroxylation sites is 1. The lowest BCUT2D eigenvalue weighted by molar-refractivity contribution is -0.231. The van der Waals surface area contributed by atoms with E-state index in [4.69, 9.17) is 23.1 Å². The van der Waals surface area contributed by atoms with Gasteiger partial charge in [0.05, 0.1) is 24.2 Å². The van der Waals surface area contributed by atoms with Gasteiger partial charge < -0.3 is 43.3 Å². The summed E-state index contributed by atoms with van der Waals surface area (Å²) in [7, 11) is -4.79. The molecule has 0 unspecified atom stereocenters. The molecule has 9 atom stereocenters. The Kier molecular flexibility index (Phi) is 13.4. The number of hydrogen-bond acceptors (Lipinski definition) is 9. The highest BCUT2D eigenvalue weighted by atomic mass is 28.4. The Bertz CT molecular complexity index is 2280. The number of amides is 1. The number of anilines is 1. The van der Waals surface area contributed by atoms with Crippen LogP contribution in [0.1, 0.15) is 103 Å². The van der Waals surface area contributed by atoms with E-state index < -0.39 is 71.2 Å². The molecule has 3 aliphatic rings. The summed E-state index contributed by atoms with van der Waals surface area (Å²) in [6.45, 7) is 25.1. The highest BCUT2D eigenvalue weighted by molar-refractivity contribution is 6.74. The maximum Gasteiger partial charge on any atom is 0.233 e. The van der Waals surface area contributed by atoms with Gasteiger partial charge in [-0.15, -0.1) is 0 Å². The van der Waals surface area contributed by atoms with Crippen LogP contribution in [0.2, 0.25) is 36.3 Å². The van der Waals surface area contributed by atoms with Crippen molar-refractivity contribution in [2.75, 3.05) is 4.90 Å². The molecule has 346 valence electrons. The number of halogens is 1. The molecule has 7 rings (SSSR count). The number of nitrogens with zero attached hydrogens (tertiary/aromatic N) is 1. The summed E-state index contributed by atoms with van der Waals surface area (Å²) < 4.78 is 46.0. The summed E-state index contributed by atoms with van der Waals surface area (Å²) in [5.41, 5.74) is 4.42. The van der Waals surface area contributed by atoms with E-state index in [-0.39, 0.29) is 33.7 Å². The van der Waals surface area contributed by atoms with Crippen molar-refractivity contribution in [2.45, 2.75) is 159 Å². The molecule has 0 saturated carbocycles. The zero-order valence-electron chi connectivity index (χ0n) is 39.5. The molecule has 4 aromatic carbocycles. The number of rotatable bonds is 14. The van der Waals surface area contributed by atoms with Crippen LogP contribution in [0.5, 0.6) is 5.75 Å². The van der Waals surface area contributed by atoms with Gasteiger partial charge in [0.25, 0.3) is 0 Å². The number of phenolic OH excluding ortho intramolecular Hbond substituents is 1. The molecule has 3 saturated heterocycles. The number of ether oxygens (including phenoxy) is 3. The van der Waals surface area contributed by atoms with Crippen molar-refractivity contribution in [3.63, 3.8) is 0 Å². The van der Waals surface area contributed by atoms with Crippen molar-refractivity contribution in [3.8, 4) is 16.9 Å². The van der Waals surface area contributed by atoms with Crippen LogP contribution in [0.25, 0.3) is 11.1 Å². The fraction of sp³-hybridized carbons (Fsp3) is 0.510. The van der Waals surface area contributed by atoms with Crippen molar-refractivity contribution >= 4 is 28.2 Å². The number of carbonyl (C=O) groups is 1. The third-order valence-corrected chi connectivity index (χ3v) is 23.2. The summed E-state index contributed by atoms with van der Waals surface area (Å²) in [5.74, 6) is -1.69. The number of aromatic hydroxyl groups is 1. The largest absolute Gasteiger partial charge is 0.508 e. The number of β-lactam (4-membered cyclic amide) rings is 1. The topological polar surface area (TPSA) is 127 Å². The van der Waals surface area contributed by atoms with Gasteiger partial charge in [-0.3, -0.25) is 4.79 Å². The first kappa shape index (κ1) is 48.2. The van der Waals surface area contributed by atoms with Crippen LogP contribution < -0.4 is 4.90 Å². The average Bonchev–Trinajstić information content (AvgIpc) is 3.69. The first-order chi connectivity index (χ1) is 29.8. The number of aliphatic hydroxyl groups excluding tert-OH is 2. The van der Waals surface area contributed by atoms with Gasteiger partial charge >= 0.3 is 0 Å². The Morgan fingerprint density at radius 2 is 1.42 bits per heavy atom. The standard InChI is InChI=1S/C51H68FNO9Si2/c1-49(2,3)63(9,10)61-40(31-21-24-35(52)25-22-31)28-27-38-41(53(47(38)57)36-19-14-13-15-20-36)37-26-23-33(30-39(37)54)32-17-16-18-34(29-32)44(62-64(11,12)50(4,5)6)42(55)45-43(56)46-48(58-45)60-51(7,8)59-46/h13-26,29-30,38,40-46,48,54-56H,27-28H2,1-12H3/t38-,40+,41-,42-,43+,44+,45-,46-,48-/m1/s1. The maximum absolute atomic E-state index is 14.2. The fourth-order valence-corrected chi connectivity index (χ4v) is 11.1. The van der Waals surface area contributed by atoms with Gasteiger partial charge in [0, 0.05) is 11.3 Å². The molecule has 3 aliphatic heterocycles. The van der Waals surface area contributed by atoms with Gasteiger partial charge in [0.1, 0.15) is 36.0 Å². The van der Waals surface area contributed by atoms with Crippen LogP contribution in [-0.2, 0) is 27.9 Å². The van der Waals surface area contributed by atoms with Gasteiger partial charge in [-0.2, -0.15) is 0 Å². The minimum absolute atomic E-state index is 0.0364. The Balaban J connectivity index is 1.19. The molecule has 0 aliphatic carbocycles. The highest BCUT2D eigenvalue weighted by Gasteiger charge is 2.58. The Morgan fingerprint density at radius 1 is 0.797 bits per heavy atom. The van der Waals surface area contributed by atoms with Crippen LogP contribution >= 0.6 is 0 Å². The minimum Gasteiger partial charge on any atom is -0.508 e. The van der Waals surface area contributed by atoms with Crippen molar-refractivity contribution < 1.29 is 47.6 Å². The summed E-state index contributed by atoms with van der Waals surface area (Å²) in [5, 5.41) is 35.2. The summed E-state index contributed by atoms with van der Waals surface area (Å²) in [4.78, 5) is 16.0. The normalized spacial score (nSPS) is 25.2. The van der Waals surface area contributed by atoms with E-state index in [1.54, 1.807) is 36.9 Å². The van der Waals surface area contributed by atoms with Crippen LogP contribution in [0.4, 0.5) is 10.1 Å². The SMILES string of the molecule is CC1(C)O[C@H]2O[C@H]([C@H](O)[C@@H](O[Si](C)(C)C(C)(C)C)c3cccc(-c4ccc([C@@H]5[C@@H](CC[C@H](O[Si](C)(C)C(C)(C)C)c6ccc(F)cc6)C(=O)N5c5ccccc5)c(O)c4)c3)[C@H](O)[C@H]2O1. The van der Waals surface area contributed by atoms with Crippen LogP contribution in [-0.4, -0.2) is 74.4 Å². The lowest BCUT2D eigenvalue weighted by Crippen LogP contribution is -2.55. The lowest BCUT2D eigenvalue weighted by Gasteiger charge is -2.48. The monoisotopic (exact) mass is 913 g/mol. The molecule has 3 N–H and O–H groups in total. The van der Waals surface area contributed by atoms with E-state index in [1.165, 1.54) is 12.1 Å². The Hall–Kier alpha value is -3.77. The second-order valence-electron chi connectivity index (χ2n) is 21.3. The number of phenols is 1. The minimum atomic E-state index is -2.52. The molecule has 0 spiro atoms. The van der Waals surface area contributed by atoms with Gasteiger partial charge in [-0.1, -0.05) is 102 Å². The van der Waals surface area contributed by atoms with Crippen LogP contribution in [0.3, 0.4) is 0 Å². The van der Waals surface area contributed by atoms with Gasteiger partial charge in [-0.25, -0.2) is 4.39 Å². The Morgan fingerprint density at radius 3 is 2.03 bits per heavy atom. The van der Waals surface area contributed by atoms with Crippen LogP contribution in [0, 0.1) is 11.7 Å². The number of hydrogen-bond donors (Lipinski definition) is 3. The predicted octanol–water partition coefficient (Wildman–Crippen LogP) is 11.1. The molecule has 10 nitrogen and oxygen atoms in total. The number of aliphatic hydroxyl groups is 2. The predicted molar refractivity (Wildman–Crippen MR) is 252 cm³/mol. The fourth-order valence-electron chi connectivity index (χ4n) is 8.57. The molecule has 3 heterocycles. The Labute approximate surface area is 380 Å². The van der Waals surface area contributed by atoms with Crippen molar-refractivity contribution in [1.29, 1.82) is 0 Å². The van der Waals surface area contributed by atoms with E-state index >= 15 is 0 Å². The molecule has 64 heavy (non-hydrogen) atoms. The number of carbonyl (C=O) groups excluding carboxylic acids is 1.